The molecule has 6 aromatic carbocycles. The molecular weight excluding hydrogens is 526 g/mol. The Balaban J connectivity index is 1.62. The molecule has 0 aliphatic heterocycles. The lowest BCUT2D eigenvalue weighted by Gasteiger charge is -2.35. The summed E-state index contributed by atoms with van der Waals surface area (Å²) in [5, 5.41) is 6.95. The Labute approximate surface area is 235 Å². The Kier molecular flexibility index (Phi) is 6.20. The van der Waals surface area contributed by atoms with Crippen LogP contribution in [-0.4, -0.2) is 0 Å². The van der Waals surface area contributed by atoms with Gasteiger partial charge in [0, 0.05) is 31.8 Å². The van der Waals surface area contributed by atoms with Gasteiger partial charge >= 0.3 is 0 Å². The van der Waals surface area contributed by atoms with E-state index in [2.05, 4.69) is 12.1 Å². The quantitative estimate of drug-likeness (QED) is 0.229. The van der Waals surface area contributed by atoms with E-state index in [1.807, 2.05) is 133 Å². The van der Waals surface area contributed by atoms with Gasteiger partial charge in [-0.05, 0) is 34.7 Å². The van der Waals surface area contributed by atoms with Crippen LogP contribution in [0.2, 0.25) is 0 Å². The first kappa shape index (κ1) is 25.0. The van der Waals surface area contributed by atoms with Crippen molar-refractivity contribution in [2.45, 2.75) is 12.8 Å². The first-order valence-corrected chi connectivity index (χ1v) is 17.0. The van der Waals surface area contributed by atoms with Crippen molar-refractivity contribution >= 4 is 56.9 Å². The van der Waals surface area contributed by atoms with Crippen LogP contribution in [0.3, 0.4) is 0 Å². The molecule has 0 spiro atoms. The van der Waals surface area contributed by atoms with Crippen molar-refractivity contribution in [3.8, 4) is 0 Å². The average Bonchev–Trinajstić information content (AvgIpc) is 3.02. The van der Waals surface area contributed by atoms with Crippen molar-refractivity contribution in [3.63, 3.8) is 0 Å². The molecule has 4 heteroatoms. The Morgan fingerprint density at radius 1 is 0.350 bits per heavy atom. The van der Waals surface area contributed by atoms with Crippen molar-refractivity contribution in [1.29, 1.82) is 0 Å². The summed E-state index contributed by atoms with van der Waals surface area (Å²) in [6.07, 6.45) is 1.63. The highest BCUT2D eigenvalue weighted by Gasteiger charge is 2.42. The van der Waals surface area contributed by atoms with Crippen molar-refractivity contribution in [1.82, 2.24) is 0 Å². The maximum atomic E-state index is 15.7. The predicted molar refractivity (Wildman–Crippen MR) is 170 cm³/mol. The molecule has 6 aromatic rings. The van der Waals surface area contributed by atoms with E-state index in [1.54, 1.807) is 0 Å². The molecule has 1 aliphatic carbocycles. The zero-order chi connectivity index (χ0) is 27.2. The van der Waals surface area contributed by atoms with Crippen LogP contribution in [0, 0.1) is 0 Å². The van der Waals surface area contributed by atoms with Crippen LogP contribution in [0.1, 0.15) is 11.1 Å². The Morgan fingerprint density at radius 3 is 0.850 bits per heavy atom. The summed E-state index contributed by atoms with van der Waals surface area (Å²) in [7, 11) is -6.48. The SMILES string of the molecule is O=P(c1ccccc1)(c1ccccc1)c1c2c(c(P(=O)(c3ccccc3)c3ccccc3)c3ccccc13)CC2. The molecule has 0 unspecified atom stereocenters. The molecule has 0 saturated carbocycles. The minimum absolute atomic E-state index is 0.815. The topological polar surface area (TPSA) is 34.1 Å². The minimum atomic E-state index is -3.24. The maximum absolute atomic E-state index is 15.7. The molecule has 40 heavy (non-hydrogen) atoms. The summed E-state index contributed by atoms with van der Waals surface area (Å²) in [5.41, 5.74) is 2.19. The van der Waals surface area contributed by atoms with Gasteiger partial charge < -0.3 is 9.13 Å². The smallest absolute Gasteiger partial charge is 0.171 e. The maximum Gasteiger partial charge on any atom is 0.171 e. The molecule has 0 saturated heterocycles. The van der Waals surface area contributed by atoms with Gasteiger partial charge in [0.2, 0.25) is 0 Å². The second-order valence-electron chi connectivity index (χ2n) is 10.3. The van der Waals surface area contributed by atoms with Crippen LogP contribution in [0.25, 0.3) is 10.8 Å². The molecular formula is C36H28O2P2. The number of hydrogen-bond donors (Lipinski definition) is 0. The third-order valence-electron chi connectivity index (χ3n) is 8.11. The van der Waals surface area contributed by atoms with E-state index >= 15 is 9.13 Å². The second-order valence-corrected chi connectivity index (χ2v) is 15.7. The highest BCUT2D eigenvalue weighted by Crippen LogP contribution is 2.52. The first-order valence-electron chi connectivity index (χ1n) is 13.6. The lowest BCUT2D eigenvalue weighted by molar-refractivity contribution is 0.590. The normalized spacial score (nSPS) is 13.0. The van der Waals surface area contributed by atoms with E-state index in [4.69, 9.17) is 0 Å². The van der Waals surface area contributed by atoms with Crippen molar-refractivity contribution in [3.05, 3.63) is 157 Å². The van der Waals surface area contributed by atoms with Crippen molar-refractivity contribution in [2.75, 3.05) is 0 Å². The fourth-order valence-corrected chi connectivity index (χ4v) is 12.5. The summed E-state index contributed by atoms with van der Waals surface area (Å²) in [5.74, 6) is 0. The van der Waals surface area contributed by atoms with Gasteiger partial charge in [-0.15, -0.1) is 0 Å². The summed E-state index contributed by atoms with van der Waals surface area (Å²) >= 11 is 0. The van der Waals surface area contributed by atoms with Crippen LogP contribution in [-0.2, 0) is 22.0 Å². The first-order chi connectivity index (χ1) is 19.6. The Morgan fingerprint density at radius 2 is 0.600 bits per heavy atom. The van der Waals surface area contributed by atoms with E-state index in [-0.39, 0.29) is 0 Å². The molecule has 0 bridgehead atoms. The molecule has 2 nitrogen and oxygen atoms in total. The van der Waals surface area contributed by atoms with Crippen LogP contribution < -0.4 is 31.8 Å². The van der Waals surface area contributed by atoms with Crippen LogP contribution in [0.5, 0.6) is 0 Å². The fourth-order valence-electron chi connectivity index (χ4n) is 6.20. The highest BCUT2D eigenvalue weighted by atomic mass is 31.2. The summed E-state index contributed by atoms with van der Waals surface area (Å²) in [4.78, 5) is 0. The molecule has 7 rings (SSSR count). The van der Waals surface area contributed by atoms with Gasteiger partial charge in [-0.3, -0.25) is 0 Å². The lowest BCUT2D eigenvalue weighted by Crippen LogP contribution is -2.38. The molecule has 194 valence electrons. The molecule has 0 N–H and O–H groups in total. The summed E-state index contributed by atoms with van der Waals surface area (Å²) < 4.78 is 31.3. The lowest BCUT2D eigenvalue weighted by atomic mass is 9.85. The zero-order valence-corrected chi connectivity index (χ0v) is 23.8. The van der Waals surface area contributed by atoms with E-state index in [0.29, 0.717) is 0 Å². The Bertz CT molecular complexity index is 1700. The molecule has 0 aromatic heterocycles. The zero-order valence-electron chi connectivity index (χ0n) is 22.0. The fraction of sp³-hybridized carbons (Fsp3) is 0.0556. The van der Waals surface area contributed by atoms with E-state index in [1.165, 1.54) is 0 Å². The summed E-state index contributed by atoms with van der Waals surface area (Å²) in [6.45, 7) is 0. The van der Waals surface area contributed by atoms with Crippen molar-refractivity contribution < 1.29 is 9.13 Å². The van der Waals surface area contributed by atoms with Crippen LogP contribution in [0.4, 0.5) is 0 Å². The van der Waals surface area contributed by atoms with Gasteiger partial charge in [-0.25, -0.2) is 0 Å². The van der Waals surface area contributed by atoms with Crippen LogP contribution >= 0.6 is 14.3 Å². The largest absolute Gasteiger partial charge is 0.309 e. The predicted octanol–water partition coefficient (Wildman–Crippen LogP) is 6.22. The second kappa shape index (κ2) is 9.90. The highest BCUT2D eigenvalue weighted by molar-refractivity contribution is 7.86. The number of hydrogen-bond acceptors (Lipinski definition) is 2. The van der Waals surface area contributed by atoms with Gasteiger partial charge in [-0.1, -0.05) is 146 Å². The molecule has 0 amide bonds. The van der Waals surface area contributed by atoms with Gasteiger partial charge in [0.25, 0.3) is 0 Å². The van der Waals surface area contributed by atoms with Gasteiger partial charge in [0.1, 0.15) is 0 Å². The Hall–Kier alpha value is -3.96. The third-order valence-corrected chi connectivity index (χ3v) is 14.5. The standard InChI is InChI=1S/C36H28O2P2/c37-39(27-15-5-1-6-16-27,28-17-7-2-8-18-28)35-31-23-13-14-24-32(31)36(34-26-25-33(34)35)40(38,29-19-9-3-10-20-29)30-21-11-4-12-22-30/h1-24H,25-26H2. The third kappa shape index (κ3) is 3.71. The summed E-state index contributed by atoms with van der Waals surface area (Å²) in [6, 6.07) is 47.7. The molecule has 0 fully saturated rings. The monoisotopic (exact) mass is 554 g/mol. The minimum Gasteiger partial charge on any atom is -0.309 e. The molecule has 0 radical (unpaired) electrons. The molecule has 0 heterocycles. The molecule has 0 atom stereocenters. The van der Waals surface area contributed by atoms with Gasteiger partial charge in [-0.2, -0.15) is 0 Å². The number of benzene rings is 6. The average molecular weight is 555 g/mol. The van der Waals surface area contributed by atoms with Gasteiger partial charge in [0.05, 0.1) is 0 Å². The van der Waals surface area contributed by atoms with Crippen LogP contribution in [0.15, 0.2) is 146 Å². The number of fused-ring (bicyclic) bond motifs is 2. The van der Waals surface area contributed by atoms with Gasteiger partial charge in [0.15, 0.2) is 14.3 Å². The van der Waals surface area contributed by atoms with E-state index in [9.17, 15) is 0 Å². The molecule has 1 aliphatic rings. The number of rotatable bonds is 6. The van der Waals surface area contributed by atoms with E-state index in [0.717, 1.165) is 66.6 Å². The van der Waals surface area contributed by atoms with E-state index < -0.39 is 14.3 Å². The van der Waals surface area contributed by atoms with Crippen molar-refractivity contribution in [2.24, 2.45) is 0 Å².